The molecule has 0 saturated carbocycles. The quantitative estimate of drug-likeness (QED) is 0.876. The molecule has 0 atom stereocenters. The highest BCUT2D eigenvalue weighted by Crippen LogP contribution is 2.25. The first-order chi connectivity index (χ1) is 13.1. The molecule has 0 bridgehead atoms. The van der Waals surface area contributed by atoms with Gasteiger partial charge in [0.2, 0.25) is 0 Å². The Labute approximate surface area is 159 Å². The van der Waals surface area contributed by atoms with Gasteiger partial charge in [0.1, 0.15) is 11.5 Å². The highest BCUT2D eigenvalue weighted by atomic mass is 16.5. The maximum Gasteiger partial charge on any atom is 0.255 e. The summed E-state index contributed by atoms with van der Waals surface area (Å²) in [5, 5.41) is 2.85. The van der Waals surface area contributed by atoms with E-state index in [9.17, 15) is 9.59 Å². The van der Waals surface area contributed by atoms with E-state index in [1.54, 1.807) is 42.5 Å². The summed E-state index contributed by atoms with van der Waals surface area (Å²) < 4.78 is 10.4. The number of rotatable bonds is 5. The molecule has 0 unspecified atom stereocenters. The minimum atomic E-state index is -0.328. The van der Waals surface area contributed by atoms with Gasteiger partial charge in [-0.25, -0.2) is 0 Å². The highest BCUT2D eigenvalue weighted by molar-refractivity contribution is 6.09. The van der Waals surface area contributed by atoms with Crippen LogP contribution < -0.4 is 14.8 Å². The number of ether oxygens (including phenoxy) is 2. The number of methoxy groups -OCH3 is 2. The van der Waals surface area contributed by atoms with Gasteiger partial charge in [-0.1, -0.05) is 12.1 Å². The van der Waals surface area contributed by atoms with Gasteiger partial charge in [-0.05, 0) is 43.5 Å². The summed E-state index contributed by atoms with van der Waals surface area (Å²) in [5.41, 5.74) is 1.40. The first kappa shape index (κ1) is 18.8. The van der Waals surface area contributed by atoms with Crippen LogP contribution in [0.15, 0.2) is 42.5 Å². The molecule has 1 saturated heterocycles. The molecular formula is C21H24N2O4. The molecule has 1 heterocycles. The molecule has 2 amide bonds. The molecule has 1 aliphatic rings. The van der Waals surface area contributed by atoms with Crippen LogP contribution in [-0.2, 0) is 0 Å². The zero-order valence-electron chi connectivity index (χ0n) is 15.7. The maximum atomic E-state index is 12.9. The lowest BCUT2D eigenvalue weighted by molar-refractivity contribution is 0.0725. The van der Waals surface area contributed by atoms with E-state index in [0.29, 0.717) is 28.3 Å². The standard InChI is InChI=1S/C21H24N2O4/c1-26-16-12-15(13-17(14-16)27-2)20(24)22-19-9-5-4-8-18(19)21(25)23-10-6-3-7-11-23/h4-5,8-9,12-14H,3,6-7,10-11H2,1-2H3,(H,22,24). The lowest BCUT2D eigenvalue weighted by atomic mass is 10.1. The van der Waals surface area contributed by atoms with Crippen molar-refractivity contribution in [1.82, 2.24) is 4.90 Å². The van der Waals surface area contributed by atoms with Crippen molar-refractivity contribution >= 4 is 17.5 Å². The van der Waals surface area contributed by atoms with Gasteiger partial charge in [-0.15, -0.1) is 0 Å². The van der Waals surface area contributed by atoms with E-state index in [1.165, 1.54) is 14.2 Å². The summed E-state index contributed by atoms with van der Waals surface area (Å²) >= 11 is 0. The predicted octanol–water partition coefficient (Wildman–Crippen LogP) is 3.58. The summed E-state index contributed by atoms with van der Waals surface area (Å²) in [5.74, 6) is 0.675. The SMILES string of the molecule is COc1cc(OC)cc(C(=O)Nc2ccccc2C(=O)N2CCCCC2)c1. The Balaban J connectivity index is 1.83. The molecule has 1 aliphatic heterocycles. The number of nitrogens with zero attached hydrogens (tertiary/aromatic N) is 1. The number of hydrogen-bond acceptors (Lipinski definition) is 4. The molecule has 2 aromatic carbocycles. The first-order valence-electron chi connectivity index (χ1n) is 9.05. The molecule has 2 aromatic rings. The number of carbonyl (C=O) groups excluding carboxylic acids is 2. The van der Waals surface area contributed by atoms with Gasteiger partial charge in [0.05, 0.1) is 25.5 Å². The Morgan fingerprint density at radius 3 is 2.19 bits per heavy atom. The van der Waals surface area contributed by atoms with Crippen molar-refractivity contribution < 1.29 is 19.1 Å². The number of para-hydroxylation sites is 1. The summed E-state index contributed by atoms with van der Waals surface area (Å²) in [6, 6.07) is 12.1. The van der Waals surface area contributed by atoms with Crippen molar-refractivity contribution in [3.05, 3.63) is 53.6 Å². The average Bonchev–Trinajstić information content (AvgIpc) is 2.73. The molecule has 0 spiro atoms. The predicted molar refractivity (Wildman–Crippen MR) is 104 cm³/mol. The van der Waals surface area contributed by atoms with Gasteiger partial charge in [0, 0.05) is 24.7 Å². The largest absolute Gasteiger partial charge is 0.497 e. The Morgan fingerprint density at radius 2 is 1.56 bits per heavy atom. The fraction of sp³-hybridized carbons (Fsp3) is 0.333. The van der Waals surface area contributed by atoms with E-state index < -0.39 is 0 Å². The molecule has 1 fully saturated rings. The molecule has 0 aromatic heterocycles. The van der Waals surface area contributed by atoms with Crippen molar-refractivity contribution in [2.75, 3.05) is 32.6 Å². The summed E-state index contributed by atoms with van der Waals surface area (Å²) in [4.78, 5) is 27.5. The summed E-state index contributed by atoms with van der Waals surface area (Å²) in [7, 11) is 3.06. The maximum absolute atomic E-state index is 12.9. The number of anilines is 1. The van der Waals surface area contributed by atoms with E-state index >= 15 is 0 Å². The fourth-order valence-electron chi connectivity index (χ4n) is 3.18. The average molecular weight is 368 g/mol. The van der Waals surface area contributed by atoms with Crippen LogP contribution in [-0.4, -0.2) is 44.0 Å². The Kier molecular flexibility index (Phi) is 5.96. The second-order valence-electron chi connectivity index (χ2n) is 6.45. The zero-order chi connectivity index (χ0) is 19.2. The van der Waals surface area contributed by atoms with E-state index in [0.717, 1.165) is 32.4 Å². The van der Waals surface area contributed by atoms with Crippen molar-refractivity contribution in [3.63, 3.8) is 0 Å². The number of hydrogen-bond donors (Lipinski definition) is 1. The summed E-state index contributed by atoms with van der Waals surface area (Å²) in [6.07, 6.45) is 3.19. The number of carbonyl (C=O) groups is 2. The van der Waals surface area contributed by atoms with Crippen LogP contribution in [0.1, 0.15) is 40.0 Å². The normalized spacial score (nSPS) is 13.8. The zero-order valence-corrected chi connectivity index (χ0v) is 15.7. The minimum Gasteiger partial charge on any atom is -0.497 e. The number of nitrogens with one attached hydrogen (secondary N) is 1. The topological polar surface area (TPSA) is 67.9 Å². The summed E-state index contributed by atoms with van der Waals surface area (Å²) in [6.45, 7) is 1.52. The Hall–Kier alpha value is -3.02. The van der Waals surface area contributed by atoms with Gasteiger partial charge in [0.25, 0.3) is 11.8 Å². The van der Waals surface area contributed by atoms with Crippen LogP contribution in [0.25, 0.3) is 0 Å². The van der Waals surface area contributed by atoms with Gasteiger partial charge in [0.15, 0.2) is 0 Å². The second kappa shape index (κ2) is 8.58. The van der Waals surface area contributed by atoms with Crippen LogP contribution in [0, 0.1) is 0 Å². The molecule has 27 heavy (non-hydrogen) atoms. The van der Waals surface area contributed by atoms with Gasteiger partial charge in [-0.2, -0.15) is 0 Å². The second-order valence-corrected chi connectivity index (χ2v) is 6.45. The molecule has 0 radical (unpaired) electrons. The van der Waals surface area contributed by atoms with Crippen LogP contribution >= 0.6 is 0 Å². The fourth-order valence-corrected chi connectivity index (χ4v) is 3.18. The molecule has 6 nitrogen and oxygen atoms in total. The van der Waals surface area contributed by atoms with Crippen molar-refractivity contribution in [2.45, 2.75) is 19.3 Å². The van der Waals surface area contributed by atoms with Gasteiger partial charge < -0.3 is 19.7 Å². The number of likely N-dealkylation sites (tertiary alicyclic amines) is 1. The third-order valence-corrected chi connectivity index (χ3v) is 4.66. The third kappa shape index (κ3) is 4.39. The molecule has 6 heteroatoms. The van der Waals surface area contributed by atoms with Crippen LogP contribution in [0.2, 0.25) is 0 Å². The lowest BCUT2D eigenvalue weighted by Gasteiger charge is -2.27. The Morgan fingerprint density at radius 1 is 0.926 bits per heavy atom. The molecule has 1 N–H and O–H groups in total. The minimum absolute atomic E-state index is 0.0474. The van der Waals surface area contributed by atoms with Crippen molar-refractivity contribution in [2.24, 2.45) is 0 Å². The van der Waals surface area contributed by atoms with Crippen LogP contribution in [0.3, 0.4) is 0 Å². The molecule has 142 valence electrons. The smallest absolute Gasteiger partial charge is 0.255 e. The van der Waals surface area contributed by atoms with Gasteiger partial charge in [-0.3, -0.25) is 9.59 Å². The van der Waals surface area contributed by atoms with E-state index in [2.05, 4.69) is 5.32 Å². The monoisotopic (exact) mass is 368 g/mol. The first-order valence-corrected chi connectivity index (χ1v) is 9.05. The van der Waals surface area contributed by atoms with Crippen molar-refractivity contribution in [1.29, 1.82) is 0 Å². The number of benzene rings is 2. The molecular weight excluding hydrogens is 344 g/mol. The number of amides is 2. The Bertz CT molecular complexity index is 806. The van der Waals surface area contributed by atoms with Crippen LogP contribution in [0.5, 0.6) is 11.5 Å². The highest BCUT2D eigenvalue weighted by Gasteiger charge is 2.21. The number of piperidine rings is 1. The molecule has 3 rings (SSSR count). The van der Waals surface area contributed by atoms with E-state index in [4.69, 9.17) is 9.47 Å². The van der Waals surface area contributed by atoms with Crippen molar-refractivity contribution in [3.8, 4) is 11.5 Å². The molecule has 0 aliphatic carbocycles. The van der Waals surface area contributed by atoms with E-state index in [-0.39, 0.29) is 11.8 Å². The lowest BCUT2D eigenvalue weighted by Crippen LogP contribution is -2.36. The van der Waals surface area contributed by atoms with Gasteiger partial charge >= 0.3 is 0 Å². The van der Waals surface area contributed by atoms with Crippen LogP contribution in [0.4, 0.5) is 5.69 Å². The third-order valence-electron chi connectivity index (χ3n) is 4.66. The van der Waals surface area contributed by atoms with E-state index in [1.807, 2.05) is 4.90 Å².